The molecule has 0 bridgehead atoms. The average molecular weight is 579 g/mol. The van der Waals surface area contributed by atoms with Crippen LogP contribution in [-0.2, 0) is 21.4 Å². The normalized spacial score (nSPS) is 23.5. The van der Waals surface area contributed by atoms with Gasteiger partial charge >= 0.3 is 0 Å². The largest absolute Gasteiger partial charge is 0.342 e. The van der Waals surface area contributed by atoms with Gasteiger partial charge in [-0.25, -0.2) is 0 Å². The zero-order valence-corrected chi connectivity index (χ0v) is 24.7. The lowest BCUT2D eigenvalue weighted by Gasteiger charge is -2.36. The molecule has 2 aromatic carbocycles. The molecule has 0 radical (unpaired) electrons. The van der Waals surface area contributed by atoms with Crippen LogP contribution in [-0.4, -0.2) is 86.3 Å². The van der Waals surface area contributed by atoms with Crippen LogP contribution >= 0.6 is 0 Å². The van der Waals surface area contributed by atoms with Crippen LogP contribution in [0.25, 0.3) is 22.0 Å². The van der Waals surface area contributed by atoms with E-state index in [0.717, 1.165) is 72.1 Å². The number of fused-ring (bicyclic) bond motifs is 1. The molecule has 2 saturated carbocycles. The number of aliphatic imine (C=N–C) groups is 1. The van der Waals surface area contributed by atoms with Crippen molar-refractivity contribution < 1.29 is 14.4 Å². The Kier molecular flexibility index (Phi) is 6.21. The second-order valence-electron chi connectivity index (χ2n) is 13.3. The summed E-state index contributed by atoms with van der Waals surface area (Å²) in [7, 11) is 1.95. The SMILES string of the molecule is Cn1ncc2cc(-c3ccc(C4=NC5(CCN(C(=O)C6CC6)CC5)C(=O)N4CC4CCN(C(=O)C5CC5)C4)cc3)ccc21. The quantitative estimate of drug-likeness (QED) is 0.444. The van der Waals surface area contributed by atoms with E-state index in [0.29, 0.717) is 39.0 Å². The molecule has 5 aliphatic rings. The number of aromatic nitrogens is 2. The number of amidine groups is 1. The second-order valence-corrected chi connectivity index (χ2v) is 13.3. The lowest BCUT2D eigenvalue weighted by molar-refractivity contribution is -0.139. The highest BCUT2D eigenvalue weighted by Gasteiger charge is 2.52. The molecular formula is C34H38N6O3. The van der Waals surface area contributed by atoms with Crippen LogP contribution in [0.4, 0.5) is 0 Å². The standard InChI is InChI=1S/C34H38N6O3/c1-37-29-11-10-27(18-28(29)19-35-37)23-2-4-24(5-3-23)30-36-34(13-16-38(17-14-34)31(41)25-6-7-25)33(43)40(30)21-22-12-15-39(20-22)32(42)26-8-9-26/h2-5,10-11,18-19,22,25-26H,6-9,12-17,20-21H2,1H3. The highest BCUT2D eigenvalue weighted by molar-refractivity contribution is 6.15. The van der Waals surface area contributed by atoms with Gasteiger partial charge in [0.15, 0.2) is 0 Å². The number of rotatable bonds is 6. The first-order valence-corrected chi connectivity index (χ1v) is 15.9. The topological polar surface area (TPSA) is 91.1 Å². The third-order valence-electron chi connectivity index (χ3n) is 10.2. The molecule has 8 rings (SSSR count). The molecule has 1 unspecified atom stereocenters. The highest BCUT2D eigenvalue weighted by Crippen LogP contribution is 2.39. The Morgan fingerprint density at radius 3 is 2.19 bits per heavy atom. The summed E-state index contributed by atoms with van der Waals surface area (Å²) in [5, 5.41) is 5.47. The molecule has 222 valence electrons. The van der Waals surface area contributed by atoms with Gasteiger partial charge in [0, 0.05) is 62.6 Å². The van der Waals surface area contributed by atoms with Crippen molar-refractivity contribution in [3.63, 3.8) is 0 Å². The first kappa shape index (κ1) is 26.6. The first-order chi connectivity index (χ1) is 20.9. The summed E-state index contributed by atoms with van der Waals surface area (Å²) < 4.78 is 1.87. The average Bonchev–Trinajstić information content (AvgIpc) is 3.97. The molecule has 9 nitrogen and oxygen atoms in total. The van der Waals surface area contributed by atoms with Gasteiger partial charge in [0.1, 0.15) is 11.4 Å². The van der Waals surface area contributed by atoms with Crippen molar-refractivity contribution >= 4 is 34.5 Å². The van der Waals surface area contributed by atoms with E-state index in [9.17, 15) is 14.4 Å². The second kappa shape index (κ2) is 10.0. The molecule has 3 aromatic rings. The van der Waals surface area contributed by atoms with Crippen LogP contribution in [0.5, 0.6) is 0 Å². The van der Waals surface area contributed by atoms with Gasteiger partial charge < -0.3 is 9.80 Å². The fraction of sp³-hybridized carbons (Fsp3) is 0.500. The number of hydrogen-bond donors (Lipinski definition) is 0. The number of likely N-dealkylation sites (tertiary alicyclic amines) is 2. The first-order valence-electron chi connectivity index (χ1n) is 15.9. The lowest BCUT2D eigenvalue weighted by atomic mass is 9.87. The van der Waals surface area contributed by atoms with E-state index < -0.39 is 5.54 Å². The number of benzene rings is 2. The predicted molar refractivity (Wildman–Crippen MR) is 163 cm³/mol. The van der Waals surface area contributed by atoms with Crippen molar-refractivity contribution in [2.24, 2.45) is 29.8 Å². The number of hydrogen-bond acceptors (Lipinski definition) is 5. The van der Waals surface area contributed by atoms with Crippen molar-refractivity contribution in [1.29, 1.82) is 0 Å². The van der Waals surface area contributed by atoms with Crippen molar-refractivity contribution in [2.75, 3.05) is 32.7 Å². The van der Waals surface area contributed by atoms with E-state index in [2.05, 4.69) is 47.6 Å². The maximum absolute atomic E-state index is 14.2. The Morgan fingerprint density at radius 2 is 1.49 bits per heavy atom. The van der Waals surface area contributed by atoms with Gasteiger partial charge in [0.2, 0.25) is 11.8 Å². The Morgan fingerprint density at radius 1 is 0.837 bits per heavy atom. The Hall–Kier alpha value is -4.01. The van der Waals surface area contributed by atoms with Crippen LogP contribution < -0.4 is 0 Å². The summed E-state index contributed by atoms with van der Waals surface area (Å²) in [6, 6.07) is 14.7. The number of nitrogens with zero attached hydrogens (tertiary/aromatic N) is 6. The molecule has 9 heteroatoms. The van der Waals surface area contributed by atoms with E-state index in [-0.39, 0.29) is 35.5 Å². The van der Waals surface area contributed by atoms with Crippen molar-refractivity contribution in [2.45, 2.75) is 50.5 Å². The van der Waals surface area contributed by atoms with E-state index in [1.54, 1.807) is 0 Å². The Bertz CT molecular complexity index is 1640. The molecule has 2 saturated heterocycles. The maximum Gasteiger partial charge on any atom is 0.256 e. The van der Waals surface area contributed by atoms with Crippen LogP contribution in [0.2, 0.25) is 0 Å². The summed E-state index contributed by atoms with van der Waals surface area (Å²) in [4.78, 5) is 50.8. The van der Waals surface area contributed by atoms with Gasteiger partial charge in [0.25, 0.3) is 5.91 Å². The van der Waals surface area contributed by atoms with Crippen molar-refractivity contribution in [3.8, 4) is 11.1 Å². The molecule has 0 N–H and O–H groups in total. The molecule has 1 spiro atoms. The minimum atomic E-state index is -0.818. The number of aryl methyl sites for hydroxylation is 1. The summed E-state index contributed by atoms with van der Waals surface area (Å²) in [6.07, 6.45) is 7.91. The van der Waals surface area contributed by atoms with Gasteiger partial charge in [-0.3, -0.25) is 29.0 Å². The highest BCUT2D eigenvalue weighted by atomic mass is 16.2. The Balaban J connectivity index is 1.06. The predicted octanol–water partition coefficient (Wildman–Crippen LogP) is 3.86. The van der Waals surface area contributed by atoms with E-state index >= 15 is 0 Å². The van der Waals surface area contributed by atoms with E-state index in [4.69, 9.17) is 4.99 Å². The van der Waals surface area contributed by atoms with Gasteiger partial charge in [-0.05, 0) is 74.1 Å². The van der Waals surface area contributed by atoms with Gasteiger partial charge in [-0.2, -0.15) is 5.10 Å². The summed E-state index contributed by atoms with van der Waals surface area (Å²) in [6.45, 7) is 3.20. The molecule has 43 heavy (non-hydrogen) atoms. The molecule has 2 aliphatic carbocycles. The summed E-state index contributed by atoms with van der Waals surface area (Å²) >= 11 is 0. The lowest BCUT2D eigenvalue weighted by Crippen LogP contribution is -2.52. The third-order valence-corrected chi connectivity index (χ3v) is 10.2. The van der Waals surface area contributed by atoms with Crippen LogP contribution in [0.3, 0.4) is 0 Å². The van der Waals surface area contributed by atoms with E-state index in [1.807, 2.05) is 32.6 Å². The summed E-state index contributed by atoms with van der Waals surface area (Å²) in [5.41, 5.74) is 3.41. The zero-order chi connectivity index (χ0) is 29.3. The molecule has 4 fully saturated rings. The molecule has 3 aliphatic heterocycles. The molecule has 1 atom stereocenters. The van der Waals surface area contributed by atoms with Gasteiger partial charge in [0.05, 0.1) is 11.7 Å². The molecular weight excluding hydrogens is 540 g/mol. The number of carbonyl (C=O) groups excluding carboxylic acids is 3. The molecule has 3 amide bonds. The fourth-order valence-corrected chi connectivity index (χ4v) is 7.24. The van der Waals surface area contributed by atoms with Crippen molar-refractivity contribution in [1.82, 2.24) is 24.5 Å². The zero-order valence-electron chi connectivity index (χ0n) is 24.7. The fourth-order valence-electron chi connectivity index (χ4n) is 7.24. The Labute approximate surface area is 251 Å². The maximum atomic E-state index is 14.2. The minimum Gasteiger partial charge on any atom is -0.342 e. The van der Waals surface area contributed by atoms with Gasteiger partial charge in [-0.15, -0.1) is 0 Å². The van der Waals surface area contributed by atoms with E-state index in [1.165, 1.54) is 0 Å². The van der Waals surface area contributed by atoms with Crippen LogP contribution in [0.15, 0.2) is 53.7 Å². The third kappa shape index (κ3) is 4.73. The van der Waals surface area contributed by atoms with Crippen LogP contribution in [0, 0.1) is 17.8 Å². The molecule has 1 aromatic heterocycles. The number of carbonyl (C=O) groups is 3. The minimum absolute atomic E-state index is 0.0547. The number of amides is 3. The van der Waals surface area contributed by atoms with Crippen LogP contribution in [0.1, 0.15) is 50.5 Å². The number of piperidine rings is 1. The van der Waals surface area contributed by atoms with Gasteiger partial charge in [-0.1, -0.05) is 30.3 Å². The summed E-state index contributed by atoms with van der Waals surface area (Å²) in [5.74, 6) is 1.95. The smallest absolute Gasteiger partial charge is 0.256 e. The van der Waals surface area contributed by atoms with Crippen molar-refractivity contribution in [3.05, 3.63) is 54.2 Å². The monoisotopic (exact) mass is 578 g/mol. The molecule has 4 heterocycles.